The van der Waals surface area contributed by atoms with Gasteiger partial charge in [0.1, 0.15) is 0 Å². The highest BCUT2D eigenvalue weighted by Gasteiger charge is 2.45. The third kappa shape index (κ3) is 2.20. The Labute approximate surface area is 75.4 Å². The van der Waals surface area contributed by atoms with E-state index in [2.05, 4.69) is 5.32 Å². The van der Waals surface area contributed by atoms with Gasteiger partial charge in [0, 0.05) is 6.04 Å². The molecule has 0 aromatic heterocycles. The molecule has 1 saturated heterocycles. The number of hydrogen-bond donors (Lipinski definition) is 2. The minimum atomic E-state index is 0.321. The summed E-state index contributed by atoms with van der Waals surface area (Å²) in [5.41, 5.74) is 0.679. The van der Waals surface area contributed by atoms with Crippen LogP contribution in [0.2, 0.25) is 0 Å². The Hall–Kier alpha value is -0.0800. The monoisotopic (exact) mass is 171 g/mol. The number of piperidine rings is 1. The lowest BCUT2D eigenvalue weighted by molar-refractivity contribution is 0.183. The summed E-state index contributed by atoms with van der Waals surface area (Å²) in [6.45, 7) is 5.44. The molecule has 2 aliphatic rings. The van der Waals surface area contributed by atoms with E-state index in [-0.39, 0.29) is 0 Å². The van der Waals surface area contributed by atoms with E-state index < -0.39 is 0 Å². The molecule has 0 aromatic rings. The lowest BCUT2D eigenvalue weighted by Gasteiger charge is -2.28. The van der Waals surface area contributed by atoms with E-state index in [1.807, 2.05) is 13.8 Å². The summed E-state index contributed by atoms with van der Waals surface area (Å²) >= 11 is 0. The largest absolute Gasteiger partial charge is 0.395 e. The zero-order chi connectivity index (χ0) is 9.03. The molecule has 2 N–H and O–H groups in total. The molecular weight excluding hydrogens is 150 g/mol. The zero-order valence-electron chi connectivity index (χ0n) is 8.27. The molecule has 1 aliphatic carbocycles. The minimum absolute atomic E-state index is 0.321. The van der Waals surface area contributed by atoms with Crippen molar-refractivity contribution >= 4 is 0 Å². The van der Waals surface area contributed by atoms with Gasteiger partial charge in [0.2, 0.25) is 0 Å². The number of nitrogens with one attached hydrogen (secondary N) is 1. The zero-order valence-corrected chi connectivity index (χ0v) is 8.27. The first-order valence-corrected chi connectivity index (χ1v) is 5.19. The van der Waals surface area contributed by atoms with E-state index in [1.165, 1.54) is 25.7 Å². The van der Waals surface area contributed by atoms with Crippen molar-refractivity contribution < 1.29 is 5.11 Å². The lowest BCUT2D eigenvalue weighted by Crippen LogP contribution is -2.41. The first-order valence-electron chi connectivity index (χ1n) is 5.19. The molecule has 2 heteroatoms. The van der Waals surface area contributed by atoms with Gasteiger partial charge in [0.05, 0.1) is 6.61 Å². The highest BCUT2D eigenvalue weighted by molar-refractivity contribution is 4.99. The van der Waals surface area contributed by atoms with Crippen molar-refractivity contribution in [1.82, 2.24) is 5.32 Å². The Morgan fingerprint density at radius 3 is 2.50 bits per heavy atom. The van der Waals surface area contributed by atoms with Crippen LogP contribution in [0.3, 0.4) is 0 Å². The van der Waals surface area contributed by atoms with Crippen molar-refractivity contribution in [2.24, 2.45) is 5.41 Å². The van der Waals surface area contributed by atoms with Gasteiger partial charge in [-0.3, -0.25) is 0 Å². The van der Waals surface area contributed by atoms with Crippen LogP contribution in [0.15, 0.2) is 0 Å². The van der Waals surface area contributed by atoms with Gasteiger partial charge in [-0.25, -0.2) is 0 Å². The molecule has 1 atom stereocenters. The molecule has 1 aliphatic heterocycles. The summed E-state index contributed by atoms with van der Waals surface area (Å²) in [5, 5.41) is 12.2. The molecule has 1 heterocycles. The van der Waals surface area contributed by atoms with Gasteiger partial charge >= 0.3 is 0 Å². The molecule has 1 unspecified atom stereocenters. The second kappa shape index (κ2) is 4.24. The topological polar surface area (TPSA) is 32.3 Å². The predicted octanol–water partition coefficient (Wildman–Crippen LogP) is 1.54. The van der Waals surface area contributed by atoms with Crippen molar-refractivity contribution in [1.29, 1.82) is 0 Å². The van der Waals surface area contributed by atoms with Gasteiger partial charge < -0.3 is 10.4 Å². The Balaban J connectivity index is 0.000000336. The van der Waals surface area contributed by atoms with Gasteiger partial charge in [-0.15, -0.1) is 0 Å². The highest BCUT2D eigenvalue weighted by Crippen LogP contribution is 2.53. The highest BCUT2D eigenvalue weighted by atomic mass is 16.3. The maximum atomic E-state index is 8.89. The molecule has 0 radical (unpaired) electrons. The third-order valence-electron chi connectivity index (χ3n) is 2.95. The van der Waals surface area contributed by atoms with Crippen molar-refractivity contribution in [3.05, 3.63) is 0 Å². The second-order valence-electron chi connectivity index (χ2n) is 3.79. The van der Waals surface area contributed by atoms with Crippen LogP contribution in [0, 0.1) is 5.41 Å². The van der Waals surface area contributed by atoms with Crippen LogP contribution in [0.5, 0.6) is 0 Å². The normalized spacial score (nSPS) is 30.8. The molecule has 2 fully saturated rings. The summed E-state index contributed by atoms with van der Waals surface area (Å²) in [5.74, 6) is 0. The van der Waals surface area contributed by atoms with E-state index in [0.29, 0.717) is 18.1 Å². The van der Waals surface area contributed by atoms with Gasteiger partial charge in [-0.05, 0) is 37.6 Å². The number of rotatable bonds is 1. The maximum absolute atomic E-state index is 8.89. The Morgan fingerprint density at radius 1 is 1.33 bits per heavy atom. The molecule has 12 heavy (non-hydrogen) atoms. The van der Waals surface area contributed by atoms with Crippen molar-refractivity contribution in [3.8, 4) is 0 Å². The van der Waals surface area contributed by atoms with E-state index in [9.17, 15) is 0 Å². The number of aliphatic hydroxyl groups excluding tert-OH is 1. The van der Waals surface area contributed by atoms with E-state index in [4.69, 9.17) is 5.11 Å². The molecule has 1 saturated carbocycles. The third-order valence-corrected chi connectivity index (χ3v) is 2.95. The SMILES string of the molecule is CC.OCC1CC2(CCN1)CC2. The Bertz CT molecular complexity index is 132. The average Bonchev–Trinajstić information content (AvgIpc) is 2.88. The van der Waals surface area contributed by atoms with E-state index in [0.717, 1.165) is 6.54 Å². The number of aliphatic hydroxyl groups is 1. The summed E-state index contributed by atoms with van der Waals surface area (Å²) in [6, 6.07) is 0.399. The van der Waals surface area contributed by atoms with Crippen LogP contribution >= 0.6 is 0 Å². The molecular formula is C10H21NO. The van der Waals surface area contributed by atoms with Crippen molar-refractivity contribution in [3.63, 3.8) is 0 Å². The lowest BCUT2D eigenvalue weighted by atomic mass is 9.90. The van der Waals surface area contributed by atoms with Gasteiger partial charge in [0.25, 0.3) is 0 Å². The van der Waals surface area contributed by atoms with Crippen LogP contribution in [0.25, 0.3) is 0 Å². The van der Waals surface area contributed by atoms with Crippen LogP contribution in [-0.4, -0.2) is 24.3 Å². The second-order valence-corrected chi connectivity index (χ2v) is 3.79. The molecule has 72 valence electrons. The maximum Gasteiger partial charge on any atom is 0.0584 e. The van der Waals surface area contributed by atoms with Crippen LogP contribution < -0.4 is 5.32 Å². The molecule has 2 nitrogen and oxygen atoms in total. The van der Waals surface area contributed by atoms with Crippen LogP contribution in [0.1, 0.15) is 39.5 Å². The van der Waals surface area contributed by atoms with Crippen molar-refractivity contribution in [2.45, 2.75) is 45.6 Å². The fourth-order valence-electron chi connectivity index (χ4n) is 2.00. The van der Waals surface area contributed by atoms with E-state index >= 15 is 0 Å². The Morgan fingerprint density at radius 2 is 2.00 bits per heavy atom. The first kappa shape index (κ1) is 10.0. The summed E-state index contributed by atoms with van der Waals surface area (Å²) in [6.07, 6.45) is 5.36. The minimum Gasteiger partial charge on any atom is -0.395 e. The molecule has 0 aromatic carbocycles. The van der Waals surface area contributed by atoms with E-state index in [1.54, 1.807) is 0 Å². The number of hydrogen-bond acceptors (Lipinski definition) is 2. The van der Waals surface area contributed by atoms with Gasteiger partial charge in [-0.1, -0.05) is 13.8 Å². The van der Waals surface area contributed by atoms with Gasteiger partial charge in [0.15, 0.2) is 0 Å². The van der Waals surface area contributed by atoms with Crippen molar-refractivity contribution in [2.75, 3.05) is 13.2 Å². The predicted molar refractivity (Wildman–Crippen MR) is 51.1 cm³/mol. The van der Waals surface area contributed by atoms with Crippen LogP contribution in [0.4, 0.5) is 0 Å². The first-order chi connectivity index (χ1) is 5.85. The Kier molecular flexibility index (Phi) is 3.53. The fraction of sp³-hybridized carbons (Fsp3) is 1.00. The average molecular weight is 171 g/mol. The van der Waals surface area contributed by atoms with Crippen LogP contribution in [-0.2, 0) is 0 Å². The smallest absolute Gasteiger partial charge is 0.0584 e. The quantitative estimate of drug-likeness (QED) is 0.627. The summed E-state index contributed by atoms with van der Waals surface area (Å²) in [4.78, 5) is 0. The standard InChI is InChI=1S/C8H15NO.C2H6/c10-6-7-5-8(1-2-8)3-4-9-7;1-2/h7,9-10H,1-6H2;1-2H3. The summed E-state index contributed by atoms with van der Waals surface area (Å²) < 4.78 is 0. The summed E-state index contributed by atoms with van der Waals surface area (Å²) in [7, 11) is 0. The fourth-order valence-corrected chi connectivity index (χ4v) is 2.00. The van der Waals surface area contributed by atoms with Gasteiger partial charge in [-0.2, -0.15) is 0 Å². The molecule has 2 rings (SSSR count). The molecule has 0 bridgehead atoms. The molecule has 0 amide bonds. The molecule has 1 spiro atoms.